The third kappa shape index (κ3) is 2.94. The van der Waals surface area contributed by atoms with Crippen LogP contribution in [0, 0.1) is 6.92 Å². The van der Waals surface area contributed by atoms with Gasteiger partial charge in [0.2, 0.25) is 0 Å². The normalized spacial score (nSPS) is 12.4. The molecule has 0 atom stereocenters. The highest BCUT2D eigenvalue weighted by Gasteiger charge is 2.26. The van der Waals surface area contributed by atoms with E-state index in [1.165, 1.54) is 4.52 Å². The fourth-order valence-electron chi connectivity index (χ4n) is 1.98. The van der Waals surface area contributed by atoms with E-state index in [0.29, 0.717) is 22.1 Å². The van der Waals surface area contributed by atoms with Crippen molar-refractivity contribution in [3.63, 3.8) is 0 Å². The van der Waals surface area contributed by atoms with Crippen molar-refractivity contribution in [2.45, 2.75) is 24.7 Å². The van der Waals surface area contributed by atoms with Gasteiger partial charge in [-0.05, 0) is 19.1 Å². The Bertz CT molecular complexity index is 797. The molecule has 3 rings (SSSR count). The monoisotopic (exact) mass is 312 g/mol. The lowest BCUT2D eigenvalue weighted by molar-refractivity contribution is -0.129. The number of para-hydroxylation sites is 1. The van der Waals surface area contributed by atoms with Crippen LogP contribution in [0.3, 0.4) is 0 Å². The van der Waals surface area contributed by atoms with Crippen LogP contribution in [0.15, 0.2) is 29.4 Å². The summed E-state index contributed by atoms with van der Waals surface area (Å²) in [5, 5.41) is 5.48. The number of hydrogen-bond donors (Lipinski definition) is 0. The molecule has 0 fully saturated rings. The predicted molar refractivity (Wildman–Crippen MR) is 74.4 cm³/mol. The molecule has 0 aliphatic carbocycles. The molecular weight excluding hydrogens is 301 g/mol. The molecule has 0 radical (unpaired) electrons. The number of aryl methyl sites for hydroxylation is 1. The summed E-state index contributed by atoms with van der Waals surface area (Å²) in [6.07, 6.45) is -5.03. The van der Waals surface area contributed by atoms with Crippen molar-refractivity contribution in [3.8, 4) is 0 Å². The molecule has 0 aliphatic rings. The number of aromatic nitrogens is 4. The van der Waals surface area contributed by atoms with E-state index >= 15 is 0 Å². The van der Waals surface area contributed by atoms with Crippen molar-refractivity contribution >= 4 is 28.3 Å². The van der Waals surface area contributed by atoms with E-state index in [1.54, 1.807) is 6.92 Å². The van der Waals surface area contributed by atoms with Crippen molar-refractivity contribution in [3.05, 3.63) is 30.1 Å². The van der Waals surface area contributed by atoms with Gasteiger partial charge in [-0.15, -0.1) is 5.10 Å². The van der Waals surface area contributed by atoms with Gasteiger partial charge in [0.25, 0.3) is 0 Å². The quantitative estimate of drug-likeness (QED) is 0.547. The molecule has 8 heteroatoms. The van der Waals surface area contributed by atoms with E-state index in [4.69, 9.17) is 0 Å². The minimum atomic E-state index is -4.17. The van der Waals surface area contributed by atoms with Crippen LogP contribution in [-0.2, 0) is 0 Å². The molecule has 0 aliphatic heterocycles. The third-order valence-electron chi connectivity index (χ3n) is 2.87. The van der Waals surface area contributed by atoms with E-state index in [2.05, 4.69) is 15.1 Å². The smallest absolute Gasteiger partial charge is 0.222 e. The third-order valence-corrected chi connectivity index (χ3v) is 3.80. The van der Waals surface area contributed by atoms with Gasteiger partial charge in [-0.1, -0.05) is 23.9 Å². The highest BCUT2D eigenvalue weighted by atomic mass is 32.2. The Hall–Kier alpha value is -1.83. The summed E-state index contributed by atoms with van der Waals surface area (Å²) in [6, 6.07) is 7.38. The van der Waals surface area contributed by atoms with Gasteiger partial charge in [0.15, 0.2) is 10.8 Å². The Labute approximate surface area is 122 Å². The van der Waals surface area contributed by atoms with Crippen LogP contribution in [0.1, 0.15) is 12.2 Å². The van der Waals surface area contributed by atoms with Gasteiger partial charge < -0.3 is 0 Å². The number of alkyl halides is 3. The van der Waals surface area contributed by atoms with Gasteiger partial charge in [-0.3, -0.25) is 0 Å². The topological polar surface area (TPSA) is 43.1 Å². The zero-order chi connectivity index (χ0) is 15.0. The zero-order valence-electron chi connectivity index (χ0n) is 11.1. The van der Waals surface area contributed by atoms with E-state index in [9.17, 15) is 13.2 Å². The summed E-state index contributed by atoms with van der Waals surface area (Å²) in [6.45, 7) is 1.74. The van der Waals surface area contributed by atoms with Gasteiger partial charge in [0.1, 0.15) is 5.82 Å². The van der Waals surface area contributed by atoms with Crippen molar-refractivity contribution in [1.29, 1.82) is 0 Å². The minimum Gasteiger partial charge on any atom is -0.222 e. The van der Waals surface area contributed by atoms with Gasteiger partial charge in [0.05, 0.1) is 11.9 Å². The molecule has 0 unspecified atom stereocenters. The maximum atomic E-state index is 12.3. The van der Waals surface area contributed by atoms with Gasteiger partial charge in [-0.2, -0.15) is 17.7 Å². The Balaban J connectivity index is 2.03. The number of halogens is 3. The molecule has 2 heterocycles. The molecule has 0 N–H and O–H groups in total. The summed E-state index contributed by atoms with van der Waals surface area (Å²) in [5.74, 6) is 0.467. The molecule has 0 saturated heterocycles. The average molecular weight is 312 g/mol. The highest BCUT2D eigenvalue weighted by Crippen LogP contribution is 2.27. The second kappa shape index (κ2) is 5.18. The van der Waals surface area contributed by atoms with Crippen molar-refractivity contribution < 1.29 is 13.2 Å². The van der Waals surface area contributed by atoms with Crippen molar-refractivity contribution in [2.24, 2.45) is 0 Å². The molecule has 4 nitrogen and oxygen atoms in total. The Kier molecular flexibility index (Phi) is 3.48. The van der Waals surface area contributed by atoms with Crippen LogP contribution in [0.25, 0.3) is 16.6 Å². The minimum absolute atomic E-state index is 0.0944. The molecule has 110 valence electrons. The number of thioether (sulfide) groups is 1. The van der Waals surface area contributed by atoms with Gasteiger partial charge in [-0.25, -0.2) is 9.97 Å². The molecule has 0 amide bonds. The number of hydrogen-bond acceptors (Lipinski definition) is 4. The van der Waals surface area contributed by atoms with Crippen LogP contribution >= 0.6 is 11.8 Å². The number of benzene rings is 1. The van der Waals surface area contributed by atoms with Crippen molar-refractivity contribution in [1.82, 2.24) is 19.6 Å². The summed E-state index contributed by atoms with van der Waals surface area (Å²) >= 11 is 1.03. The van der Waals surface area contributed by atoms with Gasteiger partial charge in [0, 0.05) is 11.1 Å². The first-order valence-electron chi connectivity index (χ1n) is 6.26. The van der Waals surface area contributed by atoms with Crippen LogP contribution < -0.4 is 0 Å². The first kappa shape index (κ1) is 14.1. The lowest BCUT2D eigenvalue weighted by atomic mass is 10.2. The number of rotatable bonds is 3. The van der Waals surface area contributed by atoms with Crippen LogP contribution in [-0.4, -0.2) is 31.5 Å². The summed E-state index contributed by atoms with van der Waals surface area (Å²) < 4.78 is 38.3. The predicted octanol–water partition coefficient (Wildman–Crippen LogP) is 3.63. The number of fused-ring (bicyclic) bond motifs is 3. The molecule has 0 saturated carbocycles. The van der Waals surface area contributed by atoms with Gasteiger partial charge >= 0.3 is 6.18 Å². The van der Waals surface area contributed by atoms with Crippen LogP contribution in [0.4, 0.5) is 13.2 Å². The lowest BCUT2D eigenvalue weighted by Crippen LogP contribution is -2.09. The van der Waals surface area contributed by atoms with E-state index < -0.39 is 12.6 Å². The van der Waals surface area contributed by atoms with Crippen LogP contribution in [0.2, 0.25) is 0 Å². The molecule has 3 aromatic rings. The second-order valence-corrected chi connectivity index (χ2v) is 5.58. The van der Waals surface area contributed by atoms with E-state index in [0.717, 1.165) is 17.1 Å². The fourth-order valence-corrected chi connectivity index (χ4v) is 2.91. The molecule has 21 heavy (non-hydrogen) atoms. The second-order valence-electron chi connectivity index (χ2n) is 4.52. The van der Waals surface area contributed by atoms with Crippen molar-refractivity contribution in [2.75, 3.05) is 5.75 Å². The molecule has 1 aromatic carbocycles. The van der Waals surface area contributed by atoms with Crippen LogP contribution in [0.5, 0.6) is 0 Å². The summed E-state index contributed by atoms with van der Waals surface area (Å²) in [5.41, 5.74) is 1.32. The van der Waals surface area contributed by atoms with E-state index in [-0.39, 0.29) is 5.75 Å². The molecule has 0 spiro atoms. The van der Waals surface area contributed by atoms with E-state index in [1.807, 2.05) is 24.3 Å². The first-order chi connectivity index (χ1) is 9.94. The molecular formula is C13H11F3N4S. The Morgan fingerprint density at radius 1 is 1.19 bits per heavy atom. The molecule has 2 aromatic heterocycles. The summed E-state index contributed by atoms with van der Waals surface area (Å²) in [4.78, 5) is 8.73. The SMILES string of the molecule is Cc1nc2c3ccccc3nc(SCCC(F)(F)F)n2n1. The summed E-state index contributed by atoms with van der Waals surface area (Å²) in [7, 11) is 0. The maximum absolute atomic E-state index is 12.3. The lowest BCUT2D eigenvalue weighted by Gasteiger charge is -2.07. The first-order valence-corrected chi connectivity index (χ1v) is 7.24. The average Bonchev–Trinajstić information content (AvgIpc) is 2.79. The maximum Gasteiger partial charge on any atom is 0.389 e. The standard InChI is InChI=1S/C13H11F3N4S/c1-8-17-11-9-4-2-3-5-10(9)18-12(20(11)19-8)21-7-6-13(14,15)16/h2-5H,6-7H2,1H3. The highest BCUT2D eigenvalue weighted by molar-refractivity contribution is 7.99. The fraction of sp³-hybridized carbons (Fsp3) is 0.308. The largest absolute Gasteiger partial charge is 0.389 e. The Morgan fingerprint density at radius 3 is 2.71 bits per heavy atom. The molecule has 0 bridgehead atoms. The zero-order valence-corrected chi connectivity index (χ0v) is 11.9. The number of nitrogens with zero attached hydrogens (tertiary/aromatic N) is 4. The Morgan fingerprint density at radius 2 is 1.95 bits per heavy atom.